The number of carbonyl (C=O) groups excluding carboxylic acids is 1. The van der Waals surface area contributed by atoms with E-state index >= 15 is 0 Å². The minimum Gasteiger partial charge on any atom is -0.267 e. The summed E-state index contributed by atoms with van der Waals surface area (Å²) < 4.78 is 27.0. The number of amides is 1. The first-order chi connectivity index (χ1) is 13.1. The Balaban J connectivity index is 1.65. The fourth-order valence-corrected chi connectivity index (χ4v) is 4.41. The zero-order valence-corrected chi connectivity index (χ0v) is 15.7. The Morgan fingerprint density at radius 3 is 2.41 bits per heavy atom. The van der Waals surface area contributed by atoms with Crippen molar-refractivity contribution in [3.63, 3.8) is 0 Å². The molecule has 27 heavy (non-hydrogen) atoms. The van der Waals surface area contributed by atoms with Gasteiger partial charge in [-0.1, -0.05) is 18.9 Å². The lowest BCUT2D eigenvalue weighted by atomic mass is 10.2. The second-order valence-electron chi connectivity index (χ2n) is 6.33. The van der Waals surface area contributed by atoms with Crippen molar-refractivity contribution in [1.29, 1.82) is 0 Å². The van der Waals surface area contributed by atoms with Crippen LogP contribution in [0.2, 0.25) is 0 Å². The maximum absolute atomic E-state index is 12.7. The summed E-state index contributed by atoms with van der Waals surface area (Å²) in [6.45, 7) is 1.10. The molecule has 3 rings (SSSR count). The van der Waals surface area contributed by atoms with E-state index in [0.717, 1.165) is 31.2 Å². The molecule has 142 valence electrons. The monoisotopic (exact) mass is 386 g/mol. The first-order valence-electron chi connectivity index (χ1n) is 8.91. The van der Waals surface area contributed by atoms with Crippen LogP contribution in [0.5, 0.6) is 0 Å². The van der Waals surface area contributed by atoms with E-state index in [4.69, 9.17) is 0 Å². The quantitative estimate of drug-likeness (QED) is 0.631. The van der Waals surface area contributed by atoms with Gasteiger partial charge in [0.25, 0.3) is 5.91 Å². The van der Waals surface area contributed by atoms with E-state index in [2.05, 4.69) is 15.5 Å². The standard InChI is InChI=1S/C19H22N4O3S/c24-19(22-21-15-16-6-5-11-20-14-16)17-7-9-18(10-8-17)27(25,26)23-12-3-1-2-4-13-23/h5-11,14-15H,1-4,12-13H2,(H,22,24). The van der Waals surface area contributed by atoms with Gasteiger partial charge in [-0.25, -0.2) is 13.8 Å². The largest absolute Gasteiger partial charge is 0.271 e. The smallest absolute Gasteiger partial charge is 0.267 e. The second kappa shape index (κ2) is 8.88. The molecule has 8 heteroatoms. The number of sulfonamides is 1. The number of hydrogen-bond acceptors (Lipinski definition) is 5. The van der Waals surface area contributed by atoms with Crippen molar-refractivity contribution in [3.05, 3.63) is 59.9 Å². The summed E-state index contributed by atoms with van der Waals surface area (Å²) in [5, 5.41) is 3.88. The fourth-order valence-electron chi connectivity index (χ4n) is 2.89. The van der Waals surface area contributed by atoms with Crippen LogP contribution < -0.4 is 5.43 Å². The van der Waals surface area contributed by atoms with E-state index in [9.17, 15) is 13.2 Å². The molecule has 0 spiro atoms. The first kappa shape index (κ1) is 19.2. The van der Waals surface area contributed by atoms with Crippen LogP contribution in [0, 0.1) is 0 Å². The number of pyridine rings is 1. The number of carbonyl (C=O) groups is 1. The highest BCUT2D eigenvalue weighted by molar-refractivity contribution is 7.89. The van der Waals surface area contributed by atoms with Crippen LogP contribution in [-0.4, -0.2) is 42.9 Å². The topological polar surface area (TPSA) is 91.7 Å². The summed E-state index contributed by atoms with van der Waals surface area (Å²) in [7, 11) is -3.52. The summed E-state index contributed by atoms with van der Waals surface area (Å²) in [5.41, 5.74) is 3.52. The molecular weight excluding hydrogens is 364 g/mol. The molecule has 1 aliphatic heterocycles. The van der Waals surface area contributed by atoms with Gasteiger partial charge in [-0.2, -0.15) is 9.41 Å². The number of hydrazone groups is 1. The minimum absolute atomic E-state index is 0.208. The molecule has 0 saturated carbocycles. The number of aromatic nitrogens is 1. The van der Waals surface area contributed by atoms with Crippen LogP contribution >= 0.6 is 0 Å². The molecule has 1 fully saturated rings. The van der Waals surface area contributed by atoms with Crippen molar-refractivity contribution >= 4 is 22.1 Å². The maximum atomic E-state index is 12.7. The summed E-state index contributed by atoms with van der Waals surface area (Å²) in [6.07, 6.45) is 8.65. The average Bonchev–Trinajstić information content (AvgIpc) is 2.99. The van der Waals surface area contributed by atoms with Gasteiger partial charge in [0.1, 0.15) is 0 Å². The molecule has 7 nitrogen and oxygen atoms in total. The van der Waals surface area contributed by atoms with Crippen LogP contribution in [0.15, 0.2) is 58.8 Å². The van der Waals surface area contributed by atoms with Gasteiger partial charge in [0.05, 0.1) is 11.1 Å². The average molecular weight is 386 g/mol. The van der Waals surface area contributed by atoms with Crippen molar-refractivity contribution in [2.75, 3.05) is 13.1 Å². The molecule has 2 heterocycles. The van der Waals surface area contributed by atoms with E-state index in [-0.39, 0.29) is 4.90 Å². The van der Waals surface area contributed by atoms with E-state index < -0.39 is 15.9 Å². The molecule has 1 aromatic carbocycles. The van der Waals surface area contributed by atoms with Gasteiger partial charge in [0, 0.05) is 36.6 Å². The van der Waals surface area contributed by atoms with Crippen molar-refractivity contribution in [2.45, 2.75) is 30.6 Å². The maximum Gasteiger partial charge on any atom is 0.271 e. The zero-order valence-electron chi connectivity index (χ0n) is 14.9. The molecule has 1 aliphatic rings. The Kier molecular flexibility index (Phi) is 6.31. The normalized spacial score (nSPS) is 16.1. The molecule has 1 saturated heterocycles. The predicted molar refractivity (Wildman–Crippen MR) is 103 cm³/mol. The molecule has 0 bridgehead atoms. The summed E-state index contributed by atoms with van der Waals surface area (Å²) in [4.78, 5) is 16.3. The highest BCUT2D eigenvalue weighted by Gasteiger charge is 2.25. The van der Waals surface area contributed by atoms with Crippen LogP contribution in [-0.2, 0) is 10.0 Å². The van der Waals surface area contributed by atoms with Gasteiger partial charge < -0.3 is 0 Å². The van der Waals surface area contributed by atoms with Gasteiger partial charge in [-0.05, 0) is 43.2 Å². The molecule has 0 unspecified atom stereocenters. The molecule has 0 radical (unpaired) electrons. The van der Waals surface area contributed by atoms with Crippen LogP contribution in [0.3, 0.4) is 0 Å². The van der Waals surface area contributed by atoms with Crippen LogP contribution in [0.4, 0.5) is 0 Å². The van der Waals surface area contributed by atoms with Gasteiger partial charge in [0.15, 0.2) is 0 Å². The Bertz CT molecular complexity index is 888. The second-order valence-corrected chi connectivity index (χ2v) is 8.27. The third-order valence-electron chi connectivity index (χ3n) is 4.38. The van der Waals surface area contributed by atoms with Crippen molar-refractivity contribution in [3.8, 4) is 0 Å². The Morgan fingerprint density at radius 1 is 1.07 bits per heavy atom. The lowest BCUT2D eigenvalue weighted by Crippen LogP contribution is -2.32. The number of nitrogens with one attached hydrogen (secondary N) is 1. The number of rotatable bonds is 5. The van der Waals surface area contributed by atoms with Gasteiger partial charge in [0.2, 0.25) is 10.0 Å². The lowest BCUT2D eigenvalue weighted by molar-refractivity contribution is 0.0955. The van der Waals surface area contributed by atoms with Crippen molar-refractivity contribution in [2.24, 2.45) is 5.10 Å². The molecule has 2 aromatic rings. The molecule has 0 aliphatic carbocycles. The van der Waals surface area contributed by atoms with E-state index in [1.165, 1.54) is 34.8 Å². The minimum atomic E-state index is -3.52. The summed E-state index contributed by atoms with van der Waals surface area (Å²) >= 11 is 0. The third-order valence-corrected chi connectivity index (χ3v) is 6.30. The van der Waals surface area contributed by atoms with Gasteiger partial charge in [-0.3, -0.25) is 9.78 Å². The predicted octanol–water partition coefficient (Wildman–Crippen LogP) is 2.41. The highest BCUT2D eigenvalue weighted by atomic mass is 32.2. The molecule has 1 amide bonds. The number of benzene rings is 1. The third kappa shape index (κ3) is 4.99. The van der Waals surface area contributed by atoms with E-state index in [1.54, 1.807) is 18.5 Å². The van der Waals surface area contributed by atoms with Crippen molar-refractivity contribution in [1.82, 2.24) is 14.7 Å². The highest BCUT2D eigenvalue weighted by Crippen LogP contribution is 2.20. The van der Waals surface area contributed by atoms with Crippen LogP contribution in [0.1, 0.15) is 41.6 Å². The fraction of sp³-hybridized carbons (Fsp3) is 0.316. The molecule has 1 aromatic heterocycles. The Hall–Kier alpha value is -2.58. The van der Waals surface area contributed by atoms with Crippen LogP contribution in [0.25, 0.3) is 0 Å². The van der Waals surface area contributed by atoms with Gasteiger partial charge >= 0.3 is 0 Å². The molecule has 0 atom stereocenters. The van der Waals surface area contributed by atoms with Crippen molar-refractivity contribution < 1.29 is 13.2 Å². The SMILES string of the molecule is O=C(NN=Cc1cccnc1)c1ccc(S(=O)(=O)N2CCCCCC2)cc1. The molecular formula is C19H22N4O3S. The van der Waals surface area contributed by atoms with Gasteiger partial charge in [-0.15, -0.1) is 0 Å². The zero-order chi connectivity index (χ0) is 19.1. The van der Waals surface area contributed by atoms with E-state index in [0.29, 0.717) is 18.7 Å². The Morgan fingerprint density at radius 2 is 1.78 bits per heavy atom. The summed E-state index contributed by atoms with van der Waals surface area (Å²) in [6, 6.07) is 9.52. The lowest BCUT2D eigenvalue weighted by Gasteiger charge is -2.19. The summed E-state index contributed by atoms with van der Waals surface area (Å²) in [5.74, 6) is -0.408. The number of nitrogens with zero attached hydrogens (tertiary/aromatic N) is 3. The first-order valence-corrected chi connectivity index (χ1v) is 10.3. The Labute approximate surface area is 159 Å². The number of hydrogen-bond donors (Lipinski definition) is 1. The van der Waals surface area contributed by atoms with E-state index in [1.807, 2.05) is 6.07 Å². The molecule has 1 N–H and O–H groups in total.